The number of nitrogens with zero attached hydrogens (tertiary/aromatic N) is 2. The summed E-state index contributed by atoms with van der Waals surface area (Å²) >= 11 is 5.78. The van der Waals surface area contributed by atoms with Gasteiger partial charge in [0, 0.05) is 42.3 Å². The van der Waals surface area contributed by atoms with Gasteiger partial charge < -0.3 is 9.80 Å². The number of amides is 2. The average Bonchev–Trinajstić information content (AvgIpc) is 2.72. The minimum atomic E-state index is -5.04. The topological polar surface area (TPSA) is 40.6 Å². The second-order valence-electron chi connectivity index (χ2n) is 6.89. The van der Waals surface area contributed by atoms with Crippen LogP contribution in [0.25, 0.3) is 0 Å². The Morgan fingerprint density at radius 2 is 1.06 bits per heavy atom. The molecule has 0 aromatic heterocycles. The lowest BCUT2D eigenvalue weighted by molar-refractivity contribution is -0.143. The Balaban J connectivity index is 1.76. The summed E-state index contributed by atoms with van der Waals surface area (Å²) in [6.07, 6.45) is -10.1. The molecule has 0 N–H and O–H groups in total. The molecule has 0 radical (unpaired) electrons. The van der Waals surface area contributed by atoms with E-state index in [0.717, 1.165) is 4.90 Å². The average molecular weight is 465 g/mol. The number of benzene rings is 2. The first kappa shape index (κ1) is 22.9. The van der Waals surface area contributed by atoms with Crippen molar-refractivity contribution in [3.05, 3.63) is 69.7 Å². The standard InChI is InChI=1S/C20H15ClF6N2O2/c21-16-3-1-12(2-4-16)17(30)28-5-7-29(8-6-28)18(31)13-9-14(19(22,23)24)11-15(10-13)20(25,26)27/h1-4,9-11H,5-8H2. The number of piperazine rings is 1. The van der Waals surface area contributed by atoms with Crippen LogP contribution < -0.4 is 0 Å². The quantitative estimate of drug-likeness (QED) is 0.588. The van der Waals surface area contributed by atoms with Crippen LogP contribution in [0.5, 0.6) is 0 Å². The van der Waals surface area contributed by atoms with Crippen LogP contribution >= 0.6 is 11.6 Å². The maximum absolute atomic E-state index is 13.0. The zero-order valence-electron chi connectivity index (χ0n) is 15.7. The number of carbonyl (C=O) groups is 2. The molecule has 4 nitrogen and oxygen atoms in total. The van der Waals surface area contributed by atoms with Gasteiger partial charge >= 0.3 is 12.4 Å². The van der Waals surface area contributed by atoms with Crippen molar-refractivity contribution in [2.75, 3.05) is 26.2 Å². The van der Waals surface area contributed by atoms with E-state index in [1.54, 1.807) is 12.1 Å². The van der Waals surface area contributed by atoms with Gasteiger partial charge in [-0.15, -0.1) is 0 Å². The molecule has 1 aliphatic heterocycles. The molecule has 1 fully saturated rings. The summed E-state index contributed by atoms with van der Waals surface area (Å²) in [7, 11) is 0. The van der Waals surface area contributed by atoms with E-state index in [4.69, 9.17) is 11.6 Å². The molecule has 0 spiro atoms. The van der Waals surface area contributed by atoms with E-state index in [0.29, 0.717) is 22.7 Å². The Hall–Kier alpha value is -2.75. The molecule has 1 heterocycles. The normalized spacial score (nSPS) is 15.2. The fourth-order valence-electron chi connectivity index (χ4n) is 3.15. The molecule has 2 aromatic carbocycles. The van der Waals surface area contributed by atoms with Crippen molar-refractivity contribution in [2.45, 2.75) is 12.4 Å². The van der Waals surface area contributed by atoms with Gasteiger partial charge in [0.05, 0.1) is 11.1 Å². The van der Waals surface area contributed by atoms with E-state index in [1.165, 1.54) is 17.0 Å². The zero-order chi connectivity index (χ0) is 23.0. The second kappa shape index (κ2) is 8.41. The molecule has 1 saturated heterocycles. The predicted octanol–water partition coefficient (Wildman–Crippen LogP) is 4.98. The van der Waals surface area contributed by atoms with Crippen LogP contribution in [-0.4, -0.2) is 47.8 Å². The summed E-state index contributed by atoms with van der Waals surface area (Å²) in [5.41, 5.74) is -3.44. The first-order valence-electron chi connectivity index (χ1n) is 9.00. The highest BCUT2D eigenvalue weighted by Crippen LogP contribution is 2.36. The number of rotatable bonds is 2. The van der Waals surface area contributed by atoms with Crippen molar-refractivity contribution in [1.82, 2.24) is 9.80 Å². The highest BCUT2D eigenvalue weighted by molar-refractivity contribution is 6.30. The summed E-state index contributed by atoms with van der Waals surface area (Å²) in [4.78, 5) is 27.7. The summed E-state index contributed by atoms with van der Waals surface area (Å²) in [6, 6.07) is 6.93. The Morgan fingerprint density at radius 3 is 1.45 bits per heavy atom. The summed E-state index contributed by atoms with van der Waals surface area (Å²) in [5, 5.41) is 0.450. The van der Waals surface area contributed by atoms with Crippen molar-refractivity contribution in [2.24, 2.45) is 0 Å². The molecular formula is C20H15ClF6N2O2. The van der Waals surface area contributed by atoms with E-state index in [2.05, 4.69) is 0 Å². The lowest BCUT2D eigenvalue weighted by atomic mass is 10.0. The van der Waals surface area contributed by atoms with E-state index < -0.39 is 35.0 Å². The van der Waals surface area contributed by atoms with Gasteiger partial charge in [-0.1, -0.05) is 11.6 Å². The maximum Gasteiger partial charge on any atom is 0.416 e. The largest absolute Gasteiger partial charge is 0.416 e. The Bertz CT molecular complexity index is 948. The molecule has 1 aliphatic rings. The fraction of sp³-hybridized carbons (Fsp3) is 0.300. The van der Waals surface area contributed by atoms with Crippen LogP contribution in [0.1, 0.15) is 31.8 Å². The molecule has 0 unspecified atom stereocenters. The van der Waals surface area contributed by atoms with Crippen LogP contribution in [0.2, 0.25) is 5.02 Å². The van der Waals surface area contributed by atoms with Crippen LogP contribution in [0.4, 0.5) is 26.3 Å². The number of hydrogen-bond donors (Lipinski definition) is 0. The van der Waals surface area contributed by atoms with Crippen molar-refractivity contribution >= 4 is 23.4 Å². The maximum atomic E-state index is 13.0. The summed E-state index contributed by atoms with van der Waals surface area (Å²) in [6.45, 7) is 0.0993. The molecule has 0 atom stereocenters. The van der Waals surface area contributed by atoms with Crippen LogP contribution in [-0.2, 0) is 12.4 Å². The number of alkyl halides is 6. The molecule has 0 aliphatic carbocycles. The van der Waals surface area contributed by atoms with Gasteiger partial charge in [0.2, 0.25) is 0 Å². The SMILES string of the molecule is O=C(c1ccc(Cl)cc1)N1CCN(C(=O)c2cc(C(F)(F)F)cc(C(F)(F)F)c2)CC1. The van der Waals surface area contributed by atoms with E-state index in [-0.39, 0.29) is 38.2 Å². The summed E-state index contributed by atoms with van der Waals surface area (Å²) in [5.74, 6) is -1.28. The third-order valence-electron chi connectivity index (χ3n) is 4.78. The number of halogens is 7. The van der Waals surface area contributed by atoms with Gasteiger partial charge in [-0.25, -0.2) is 0 Å². The molecule has 2 aromatic rings. The monoisotopic (exact) mass is 464 g/mol. The molecule has 0 bridgehead atoms. The van der Waals surface area contributed by atoms with Gasteiger partial charge in [-0.2, -0.15) is 26.3 Å². The third kappa shape index (κ3) is 5.30. The Kier molecular flexibility index (Phi) is 6.22. The first-order valence-corrected chi connectivity index (χ1v) is 9.37. The van der Waals surface area contributed by atoms with Crippen LogP contribution in [0.3, 0.4) is 0 Å². The van der Waals surface area contributed by atoms with Crippen molar-refractivity contribution in [1.29, 1.82) is 0 Å². The predicted molar refractivity (Wildman–Crippen MR) is 99.7 cm³/mol. The van der Waals surface area contributed by atoms with Crippen LogP contribution in [0, 0.1) is 0 Å². The van der Waals surface area contributed by atoms with Crippen molar-refractivity contribution in [3.63, 3.8) is 0 Å². The van der Waals surface area contributed by atoms with Gasteiger partial charge in [0.25, 0.3) is 11.8 Å². The Morgan fingerprint density at radius 1 is 0.677 bits per heavy atom. The van der Waals surface area contributed by atoms with Gasteiger partial charge in [-0.3, -0.25) is 9.59 Å². The lowest BCUT2D eigenvalue weighted by Gasteiger charge is -2.35. The van der Waals surface area contributed by atoms with Crippen molar-refractivity contribution < 1.29 is 35.9 Å². The highest BCUT2D eigenvalue weighted by atomic mass is 35.5. The number of hydrogen-bond acceptors (Lipinski definition) is 2. The second-order valence-corrected chi connectivity index (χ2v) is 7.32. The van der Waals surface area contributed by atoms with Gasteiger partial charge in [0.15, 0.2) is 0 Å². The van der Waals surface area contributed by atoms with Crippen LogP contribution in [0.15, 0.2) is 42.5 Å². The fourth-order valence-corrected chi connectivity index (χ4v) is 3.27. The highest BCUT2D eigenvalue weighted by Gasteiger charge is 2.38. The molecular weight excluding hydrogens is 450 g/mol. The van der Waals surface area contributed by atoms with Gasteiger partial charge in [0.1, 0.15) is 0 Å². The van der Waals surface area contributed by atoms with E-state index >= 15 is 0 Å². The third-order valence-corrected chi connectivity index (χ3v) is 5.03. The molecule has 166 valence electrons. The molecule has 11 heteroatoms. The molecule has 3 rings (SSSR count). The first-order chi connectivity index (χ1) is 14.4. The van der Waals surface area contributed by atoms with E-state index in [9.17, 15) is 35.9 Å². The van der Waals surface area contributed by atoms with Gasteiger partial charge in [-0.05, 0) is 42.5 Å². The molecule has 2 amide bonds. The minimum absolute atomic E-state index is 0.0283. The lowest BCUT2D eigenvalue weighted by Crippen LogP contribution is -2.50. The number of carbonyl (C=O) groups excluding carboxylic acids is 2. The minimum Gasteiger partial charge on any atom is -0.335 e. The summed E-state index contributed by atoms with van der Waals surface area (Å²) < 4.78 is 78.1. The zero-order valence-corrected chi connectivity index (χ0v) is 16.5. The Labute approximate surface area is 178 Å². The molecule has 31 heavy (non-hydrogen) atoms. The smallest absolute Gasteiger partial charge is 0.335 e. The van der Waals surface area contributed by atoms with Crippen molar-refractivity contribution in [3.8, 4) is 0 Å². The molecule has 0 saturated carbocycles. The van der Waals surface area contributed by atoms with E-state index in [1.807, 2.05) is 0 Å².